The van der Waals surface area contributed by atoms with Crippen LogP contribution in [0.4, 0.5) is 0 Å². The first-order chi connectivity index (χ1) is 10.0. The number of piperidine rings is 1. The smallest absolute Gasteiger partial charge is 0.307 e. The number of hydrogen-bond donors (Lipinski definition) is 2. The molecule has 0 bridgehead atoms. The normalized spacial score (nSPS) is 28.6. The molecule has 118 valence electrons. The van der Waals surface area contributed by atoms with E-state index in [1.807, 2.05) is 6.92 Å². The highest BCUT2D eigenvalue weighted by atomic mass is 16.4. The molecular formula is C15H24N2O4. The Labute approximate surface area is 124 Å². The molecule has 1 aliphatic heterocycles. The van der Waals surface area contributed by atoms with Crippen LogP contribution >= 0.6 is 0 Å². The number of nitrogens with one attached hydrogen (secondary N) is 1. The standard InChI is InChI=1S/C15H24N2O4/c1-2-7-16-13(18)10-4-3-8-17(9-10)14(19)11-5-6-12(11)15(20)21/h10-12H,2-9H2,1H3,(H,16,18)(H,20,21). The van der Waals surface area contributed by atoms with Crippen LogP contribution in [0.25, 0.3) is 0 Å². The SMILES string of the molecule is CCCNC(=O)C1CCCN(C(=O)C2CCC2C(=O)O)C1. The fraction of sp³-hybridized carbons (Fsp3) is 0.800. The molecule has 6 heteroatoms. The number of carboxylic acids is 1. The fourth-order valence-electron chi connectivity index (χ4n) is 3.11. The van der Waals surface area contributed by atoms with Crippen LogP contribution in [-0.4, -0.2) is 47.4 Å². The average molecular weight is 296 g/mol. The lowest BCUT2D eigenvalue weighted by atomic mass is 9.72. The summed E-state index contributed by atoms with van der Waals surface area (Å²) >= 11 is 0. The van der Waals surface area contributed by atoms with Crippen LogP contribution in [0.3, 0.4) is 0 Å². The van der Waals surface area contributed by atoms with Gasteiger partial charge in [-0.2, -0.15) is 0 Å². The lowest BCUT2D eigenvalue weighted by Gasteiger charge is -2.39. The number of hydrogen-bond acceptors (Lipinski definition) is 3. The number of aliphatic carboxylic acids is 1. The van der Waals surface area contributed by atoms with E-state index < -0.39 is 11.9 Å². The molecular weight excluding hydrogens is 272 g/mol. The number of nitrogens with zero attached hydrogens (tertiary/aromatic N) is 1. The van der Waals surface area contributed by atoms with E-state index in [0.717, 1.165) is 19.3 Å². The summed E-state index contributed by atoms with van der Waals surface area (Å²) in [6, 6.07) is 0. The summed E-state index contributed by atoms with van der Waals surface area (Å²) in [7, 11) is 0. The molecule has 2 rings (SSSR count). The second-order valence-electron chi connectivity index (χ2n) is 6.04. The molecule has 2 fully saturated rings. The van der Waals surface area contributed by atoms with Crippen molar-refractivity contribution in [3.63, 3.8) is 0 Å². The molecule has 2 N–H and O–H groups in total. The van der Waals surface area contributed by atoms with E-state index in [9.17, 15) is 14.4 Å². The summed E-state index contributed by atoms with van der Waals surface area (Å²) < 4.78 is 0. The molecule has 1 aliphatic carbocycles. The second-order valence-corrected chi connectivity index (χ2v) is 6.04. The first-order valence-corrected chi connectivity index (χ1v) is 7.84. The zero-order valence-corrected chi connectivity index (χ0v) is 12.5. The number of carboxylic acid groups (broad SMARTS) is 1. The highest BCUT2D eigenvalue weighted by Crippen LogP contribution is 2.36. The Morgan fingerprint density at radius 1 is 1.19 bits per heavy atom. The third kappa shape index (κ3) is 3.54. The first kappa shape index (κ1) is 15.8. The van der Waals surface area contributed by atoms with Crippen LogP contribution < -0.4 is 5.32 Å². The molecule has 0 aromatic heterocycles. The molecule has 2 amide bonds. The molecule has 0 spiro atoms. The van der Waals surface area contributed by atoms with E-state index in [4.69, 9.17) is 5.11 Å². The Kier molecular flexibility index (Phi) is 5.20. The van der Waals surface area contributed by atoms with Gasteiger partial charge in [-0.15, -0.1) is 0 Å². The number of likely N-dealkylation sites (tertiary alicyclic amines) is 1. The van der Waals surface area contributed by atoms with Crippen LogP contribution in [0.1, 0.15) is 39.0 Å². The van der Waals surface area contributed by atoms with Crippen LogP contribution in [0.5, 0.6) is 0 Å². The summed E-state index contributed by atoms with van der Waals surface area (Å²) in [4.78, 5) is 37.1. The van der Waals surface area contributed by atoms with Gasteiger partial charge < -0.3 is 15.3 Å². The van der Waals surface area contributed by atoms with E-state index in [1.54, 1.807) is 4.90 Å². The third-order valence-electron chi connectivity index (χ3n) is 4.56. The van der Waals surface area contributed by atoms with E-state index in [-0.39, 0.29) is 23.7 Å². The maximum Gasteiger partial charge on any atom is 0.307 e. The molecule has 1 saturated carbocycles. The van der Waals surface area contributed by atoms with Crippen LogP contribution in [0.2, 0.25) is 0 Å². The largest absolute Gasteiger partial charge is 0.481 e. The molecule has 0 aromatic rings. The highest BCUT2D eigenvalue weighted by Gasteiger charge is 2.44. The van der Waals surface area contributed by atoms with E-state index in [2.05, 4.69) is 5.32 Å². The lowest BCUT2D eigenvalue weighted by Crippen LogP contribution is -2.51. The minimum absolute atomic E-state index is 0.0118. The quantitative estimate of drug-likeness (QED) is 0.788. The Hall–Kier alpha value is -1.59. The van der Waals surface area contributed by atoms with Gasteiger partial charge in [0.1, 0.15) is 0 Å². The number of amides is 2. The summed E-state index contributed by atoms with van der Waals surface area (Å²) in [6.07, 6.45) is 3.73. The van der Waals surface area contributed by atoms with Crippen molar-refractivity contribution in [1.29, 1.82) is 0 Å². The Morgan fingerprint density at radius 3 is 2.48 bits per heavy atom. The van der Waals surface area contributed by atoms with Crippen molar-refractivity contribution in [2.24, 2.45) is 17.8 Å². The van der Waals surface area contributed by atoms with Gasteiger partial charge in [-0.05, 0) is 32.1 Å². The third-order valence-corrected chi connectivity index (χ3v) is 4.56. The fourth-order valence-corrected chi connectivity index (χ4v) is 3.11. The molecule has 0 radical (unpaired) electrons. The minimum atomic E-state index is -0.881. The van der Waals surface area contributed by atoms with Gasteiger partial charge >= 0.3 is 5.97 Å². The van der Waals surface area contributed by atoms with Crippen molar-refractivity contribution in [3.05, 3.63) is 0 Å². The van der Waals surface area contributed by atoms with Crippen molar-refractivity contribution in [3.8, 4) is 0 Å². The van der Waals surface area contributed by atoms with Crippen molar-refractivity contribution >= 4 is 17.8 Å². The minimum Gasteiger partial charge on any atom is -0.481 e. The topological polar surface area (TPSA) is 86.7 Å². The predicted molar refractivity (Wildman–Crippen MR) is 76.5 cm³/mol. The van der Waals surface area contributed by atoms with Gasteiger partial charge in [-0.25, -0.2) is 0 Å². The Morgan fingerprint density at radius 2 is 1.90 bits per heavy atom. The highest BCUT2D eigenvalue weighted by molar-refractivity contribution is 5.87. The molecule has 3 atom stereocenters. The summed E-state index contributed by atoms with van der Waals surface area (Å²) in [5, 5.41) is 11.9. The van der Waals surface area contributed by atoms with Crippen molar-refractivity contribution < 1.29 is 19.5 Å². The van der Waals surface area contributed by atoms with Gasteiger partial charge in [0, 0.05) is 19.6 Å². The predicted octanol–water partition coefficient (Wildman–Crippen LogP) is 0.862. The number of carbonyl (C=O) groups excluding carboxylic acids is 2. The Bertz CT molecular complexity index is 424. The number of rotatable bonds is 5. The maximum atomic E-state index is 12.4. The van der Waals surface area contributed by atoms with Gasteiger partial charge in [0.15, 0.2) is 0 Å². The molecule has 1 saturated heterocycles. The van der Waals surface area contributed by atoms with E-state index in [1.165, 1.54) is 0 Å². The molecule has 21 heavy (non-hydrogen) atoms. The summed E-state index contributed by atoms with van der Waals surface area (Å²) in [5.74, 6) is -2.03. The van der Waals surface area contributed by atoms with Crippen LogP contribution in [0, 0.1) is 17.8 Å². The van der Waals surface area contributed by atoms with Crippen molar-refractivity contribution in [1.82, 2.24) is 10.2 Å². The molecule has 0 aromatic carbocycles. The molecule has 6 nitrogen and oxygen atoms in total. The summed E-state index contributed by atoms with van der Waals surface area (Å²) in [5.41, 5.74) is 0. The van der Waals surface area contributed by atoms with Crippen molar-refractivity contribution in [2.75, 3.05) is 19.6 Å². The monoisotopic (exact) mass is 296 g/mol. The molecule has 3 unspecified atom stereocenters. The van der Waals surface area contributed by atoms with Crippen molar-refractivity contribution in [2.45, 2.75) is 39.0 Å². The van der Waals surface area contributed by atoms with Crippen LogP contribution in [-0.2, 0) is 14.4 Å². The van der Waals surface area contributed by atoms with Gasteiger partial charge in [0.25, 0.3) is 0 Å². The van der Waals surface area contributed by atoms with Gasteiger partial charge in [-0.1, -0.05) is 6.92 Å². The Balaban J connectivity index is 1.90. The lowest BCUT2D eigenvalue weighted by molar-refractivity contribution is -0.157. The molecule has 1 heterocycles. The van der Waals surface area contributed by atoms with Gasteiger partial charge in [0.05, 0.1) is 17.8 Å². The first-order valence-electron chi connectivity index (χ1n) is 7.84. The van der Waals surface area contributed by atoms with Gasteiger partial charge in [0.2, 0.25) is 11.8 Å². The molecule has 2 aliphatic rings. The number of carbonyl (C=O) groups is 3. The maximum absolute atomic E-state index is 12.4. The average Bonchev–Trinajstić information content (AvgIpc) is 2.43. The second kappa shape index (κ2) is 6.91. The van der Waals surface area contributed by atoms with Crippen LogP contribution in [0.15, 0.2) is 0 Å². The zero-order valence-electron chi connectivity index (χ0n) is 12.5. The summed E-state index contributed by atoms with van der Waals surface area (Å²) in [6.45, 7) is 3.73. The van der Waals surface area contributed by atoms with E-state index in [0.29, 0.717) is 32.5 Å². The van der Waals surface area contributed by atoms with E-state index >= 15 is 0 Å². The zero-order chi connectivity index (χ0) is 15.4. The van der Waals surface area contributed by atoms with Gasteiger partial charge in [-0.3, -0.25) is 14.4 Å².